The molecule has 0 spiro atoms. The van der Waals surface area contributed by atoms with E-state index in [1.54, 1.807) is 18.2 Å². The second kappa shape index (κ2) is 10.1. The van der Waals surface area contributed by atoms with Crippen LogP contribution in [0.25, 0.3) is 0 Å². The van der Waals surface area contributed by atoms with E-state index in [9.17, 15) is 14.7 Å². The van der Waals surface area contributed by atoms with Gasteiger partial charge in [0.1, 0.15) is 5.75 Å². The Labute approximate surface area is 175 Å². The maximum Gasteiger partial charge on any atom is 0.337 e. The number of nitrogens with zero attached hydrogens (tertiary/aromatic N) is 1. The lowest BCUT2D eigenvalue weighted by molar-refractivity contribution is -0.115. The van der Waals surface area contributed by atoms with E-state index < -0.39 is 5.97 Å². The Morgan fingerprint density at radius 2 is 1.60 bits per heavy atom. The van der Waals surface area contributed by atoms with Crippen LogP contribution in [-0.2, 0) is 11.3 Å². The maximum absolute atomic E-state index is 12.8. The first-order chi connectivity index (χ1) is 14.6. The van der Waals surface area contributed by atoms with Crippen molar-refractivity contribution in [3.8, 4) is 5.75 Å². The van der Waals surface area contributed by atoms with E-state index in [0.717, 1.165) is 17.0 Å². The number of para-hydroxylation sites is 1. The zero-order chi connectivity index (χ0) is 21.3. The van der Waals surface area contributed by atoms with E-state index in [1.807, 2.05) is 66.4 Å². The Balaban J connectivity index is 1.79. The standard InChI is InChI=1S/C24H24N2O4/c1-2-30-20-14-12-19(13-15-20)26(16-18-8-4-3-5-9-18)17-23(27)25-22-11-7-6-10-21(22)24(28)29/h3-15H,2,16-17H2,1H3,(H,25,27)(H,28,29). The van der Waals surface area contributed by atoms with E-state index in [1.165, 1.54) is 6.07 Å². The number of benzene rings is 3. The van der Waals surface area contributed by atoms with Gasteiger partial charge in [-0.05, 0) is 48.9 Å². The van der Waals surface area contributed by atoms with Crippen molar-refractivity contribution in [3.05, 3.63) is 90.0 Å². The van der Waals surface area contributed by atoms with Gasteiger partial charge in [-0.15, -0.1) is 0 Å². The number of carboxylic acid groups (broad SMARTS) is 1. The molecular weight excluding hydrogens is 380 g/mol. The largest absolute Gasteiger partial charge is 0.494 e. The molecule has 3 aromatic rings. The molecule has 0 aliphatic carbocycles. The number of carbonyl (C=O) groups is 2. The van der Waals surface area contributed by atoms with Gasteiger partial charge in [0.2, 0.25) is 5.91 Å². The molecule has 0 aliphatic rings. The van der Waals surface area contributed by atoms with Crippen LogP contribution in [0.1, 0.15) is 22.8 Å². The maximum atomic E-state index is 12.8. The number of ether oxygens (including phenoxy) is 1. The molecule has 0 saturated heterocycles. The average molecular weight is 404 g/mol. The Kier molecular flexibility index (Phi) is 7.05. The lowest BCUT2D eigenvalue weighted by Crippen LogP contribution is -2.33. The van der Waals surface area contributed by atoms with E-state index in [4.69, 9.17) is 4.74 Å². The Hall–Kier alpha value is -3.80. The molecule has 2 N–H and O–H groups in total. The number of amides is 1. The number of aromatic carboxylic acids is 1. The fourth-order valence-corrected chi connectivity index (χ4v) is 3.10. The van der Waals surface area contributed by atoms with Crippen molar-refractivity contribution < 1.29 is 19.4 Å². The summed E-state index contributed by atoms with van der Waals surface area (Å²) in [4.78, 5) is 26.1. The monoisotopic (exact) mass is 404 g/mol. The summed E-state index contributed by atoms with van der Waals surface area (Å²) in [6.07, 6.45) is 0. The van der Waals surface area contributed by atoms with Crippen molar-refractivity contribution in [3.63, 3.8) is 0 Å². The second-order valence-corrected chi connectivity index (χ2v) is 6.67. The third-order valence-corrected chi connectivity index (χ3v) is 4.50. The lowest BCUT2D eigenvalue weighted by atomic mass is 10.1. The Bertz CT molecular complexity index is 988. The first-order valence-electron chi connectivity index (χ1n) is 9.70. The number of hydrogen-bond acceptors (Lipinski definition) is 4. The van der Waals surface area contributed by atoms with Crippen LogP contribution in [0.2, 0.25) is 0 Å². The predicted molar refractivity (Wildman–Crippen MR) is 117 cm³/mol. The van der Waals surface area contributed by atoms with Crippen LogP contribution in [0.4, 0.5) is 11.4 Å². The van der Waals surface area contributed by atoms with Crippen molar-refractivity contribution in [2.45, 2.75) is 13.5 Å². The average Bonchev–Trinajstić information content (AvgIpc) is 2.75. The van der Waals surface area contributed by atoms with Gasteiger partial charge >= 0.3 is 5.97 Å². The Morgan fingerprint density at radius 3 is 2.27 bits per heavy atom. The fraction of sp³-hybridized carbons (Fsp3) is 0.167. The van der Waals surface area contributed by atoms with Gasteiger partial charge in [-0.2, -0.15) is 0 Å². The summed E-state index contributed by atoms with van der Waals surface area (Å²) in [5, 5.41) is 12.1. The zero-order valence-electron chi connectivity index (χ0n) is 16.7. The van der Waals surface area contributed by atoms with Crippen LogP contribution in [0.5, 0.6) is 5.75 Å². The van der Waals surface area contributed by atoms with E-state index >= 15 is 0 Å². The summed E-state index contributed by atoms with van der Waals surface area (Å²) in [6.45, 7) is 3.10. The quantitative estimate of drug-likeness (QED) is 0.552. The highest BCUT2D eigenvalue weighted by molar-refractivity contribution is 6.01. The first kappa shape index (κ1) is 20.9. The Morgan fingerprint density at radius 1 is 0.933 bits per heavy atom. The molecule has 3 rings (SSSR count). The molecule has 0 atom stereocenters. The topological polar surface area (TPSA) is 78.9 Å². The summed E-state index contributed by atoms with van der Waals surface area (Å²) in [5.41, 5.74) is 2.26. The number of nitrogens with one attached hydrogen (secondary N) is 1. The lowest BCUT2D eigenvalue weighted by Gasteiger charge is -2.25. The number of rotatable bonds is 9. The summed E-state index contributed by atoms with van der Waals surface area (Å²) >= 11 is 0. The van der Waals surface area contributed by atoms with Gasteiger partial charge in [-0.1, -0.05) is 42.5 Å². The van der Waals surface area contributed by atoms with Gasteiger partial charge in [-0.25, -0.2) is 4.79 Å². The molecule has 0 aliphatic heterocycles. The molecule has 0 fully saturated rings. The van der Waals surface area contributed by atoms with Crippen LogP contribution in [0.3, 0.4) is 0 Å². The summed E-state index contributed by atoms with van der Waals surface area (Å²) in [6, 6.07) is 23.8. The predicted octanol–water partition coefficient (Wildman–Crippen LogP) is 4.43. The van der Waals surface area contributed by atoms with Crippen molar-refractivity contribution in [2.75, 3.05) is 23.4 Å². The molecule has 154 valence electrons. The van der Waals surface area contributed by atoms with E-state index in [0.29, 0.717) is 13.2 Å². The SMILES string of the molecule is CCOc1ccc(N(CC(=O)Nc2ccccc2C(=O)O)Cc2ccccc2)cc1. The molecular formula is C24H24N2O4. The third-order valence-electron chi connectivity index (χ3n) is 4.50. The molecule has 3 aromatic carbocycles. The van der Waals surface area contributed by atoms with Gasteiger partial charge in [-0.3, -0.25) is 4.79 Å². The summed E-state index contributed by atoms with van der Waals surface area (Å²) in [5.74, 6) is -0.618. The second-order valence-electron chi connectivity index (χ2n) is 6.67. The molecule has 30 heavy (non-hydrogen) atoms. The van der Waals surface area contributed by atoms with Crippen LogP contribution >= 0.6 is 0 Å². The minimum absolute atomic E-state index is 0.0570. The van der Waals surface area contributed by atoms with E-state index in [2.05, 4.69) is 5.32 Å². The van der Waals surface area contributed by atoms with Gasteiger partial charge in [0.15, 0.2) is 0 Å². The van der Waals surface area contributed by atoms with Crippen molar-refractivity contribution >= 4 is 23.3 Å². The molecule has 6 heteroatoms. The molecule has 0 saturated carbocycles. The fourth-order valence-electron chi connectivity index (χ4n) is 3.10. The van der Waals surface area contributed by atoms with Gasteiger partial charge in [0.05, 0.1) is 24.4 Å². The van der Waals surface area contributed by atoms with Crippen molar-refractivity contribution in [1.29, 1.82) is 0 Å². The minimum Gasteiger partial charge on any atom is -0.494 e. The molecule has 1 amide bonds. The smallest absolute Gasteiger partial charge is 0.337 e. The first-order valence-corrected chi connectivity index (χ1v) is 9.70. The number of carboxylic acids is 1. The van der Waals surface area contributed by atoms with Crippen molar-refractivity contribution in [1.82, 2.24) is 0 Å². The molecule has 0 radical (unpaired) electrons. The molecule has 0 unspecified atom stereocenters. The van der Waals surface area contributed by atoms with Gasteiger partial charge in [0.25, 0.3) is 0 Å². The molecule has 6 nitrogen and oxygen atoms in total. The molecule has 0 aromatic heterocycles. The normalized spacial score (nSPS) is 10.3. The van der Waals surface area contributed by atoms with Crippen LogP contribution in [-0.4, -0.2) is 30.1 Å². The van der Waals surface area contributed by atoms with Gasteiger partial charge in [0, 0.05) is 12.2 Å². The van der Waals surface area contributed by atoms with Crippen LogP contribution < -0.4 is 15.0 Å². The highest BCUT2D eigenvalue weighted by atomic mass is 16.5. The summed E-state index contributed by atoms with van der Waals surface area (Å²) < 4.78 is 5.50. The zero-order valence-corrected chi connectivity index (χ0v) is 16.7. The van der Waals surface area contributed by atoms with Crippen LogP contribution in [0.15, 0.2) is 78.9 Å². The van der Waals surface area contributed by atoms with Crippen molar-refractivity contribution in [2.24, 2.45) is 0 Å². The minimum atomic E-state index is -1.08. The highest BCUT2D eigenvalue weighted by Gasteiger charge is 2.16. The molecule has 0 bridgehead atoms. The highest BCUT2D eigenvalue weighted by Crippen LogP contribution is 2.22. The third kappa shape index (κ3) is 5.61. The number of carbonyl (C=O) groups excluding carboxylic acids is 1. The summed E-state index contributed by atoms with van der Waals surface area (Å²) in [7, 11) is 0. The number of anilines is 2. The van der Waals surface area contributed by atoms with Crippen LogP contribution in [0, 0.1) is 0 Å². The van der Waals surface area contributed by atoms with E-state index in [-0.39, 0.29) is 23.7 Å². The van der Waals surface area contributed by atoms with Gasteiger partial charge < -0.3 is 20.1 Å². The number of hydrogen-bond donors (Lipinski definition) is 2. The molecule has 0 heterocycles.